The minimum atomic E-state index is -0.273. The number of aromatic nitrogens is 3. The highest BCUT2D eigenvalue weighted by atomic mass is 32.1. The third-order valence-electron chi connectivity index (χ3n) is 5.44. The first kappa shape index (κ1) is 19.5. The van der Waals surface area contributed by atoms with Crippen LogP contribution in [0.25, 0.3) is 10.2 Å². The van der Waals surface area contributed by atoms with E-state index >= 15 is 0 Å². The van der Waals surface area contributed by atoms with Gasteiger partial charge in [0.1, 0.15) is 17.7 Å². The molecular formula is C21H26N6O2S. The molecule has 0 bridgehead atoms. The molecule has 0 spiro atoms. The Hall–Kier alpha value is -2.49. The second-order valence-electron chi connectivity index (χ2n) is 8.00. The van der Waals surface area contributed by atoms with Crippen LogP contribution in [0.3, 0.4) is 0 Å². The number of aliphatic hydroxyl groups is 1. The Morgan fingerprint density at radius 3 is 3.00 bits per heavy atom. The summed E-state index contributed by atoms with van der Waals surface area (Å²) in [5, 5.41) is 17.5. The third kappa shape index (κ3) is 4.33. The van der Waals surface area contributed by atoms with E-state index in [9.17, 15) is 5.11 Å². The molecular weight excluding hydrogens is 400 g/mol. The highest BCUT2D eigenvalue weighted by Crippen LogP contribution is 2.31. The molecule has 5 rings (SSSR count). The number of β-amino-alcohol motifs (C(OH)–C–C–N with tert-alkyl or cyclic N) is 1. The number of ether oxygens (including phenoxy) is 1. The molecule has 2 aliphatic rings. The number of nitrogens with one attached hydrogen (secondary N) is 2. The molecule has 0 unspecified atom stereocenters. The minimum Gasteiger partial charge on any atom is -0.473 e. The van der Waals surface area contributed by atoms with Gasteiger partial charge in [-0.1, -0.05) is 11.3 Å². The van der Waals surface area contributed by atoms with Gasteiger partial charge < -0.3 is 25.4 Å². The van der Waals surface area contributed by atoms with Crippen LogP contribution in [0.5, 0.6) is 5.88 Å². The Morgan fingerprint density at radius 1 is 1.23 bits per heavy atom. The summed E-state index contributed by atoms with van der Waals surface area (Å²) in [6.07, 6.45) is 4.59. The van der Waals surface area contributed by atoms with E-state index in [1.54, 1.807) is 11.3 Å². The molecule has 0 amide bonds. The summed E-state index contributed by atoms with van der Waals surface area (Å²) in [5.41, 5.74) is 1.97. The Morgan fingerprint density at radius 2 is 2.17 bits per heavy atom. The molecule has 0 saturated carbocycles. The predicted molar refractivity (Wildman–Crippen MR) is 119 cm³/mol. The first-order chi connectivity index (χ1) is 14.6. The van der Waals surface area contributed by atoms with Gasteiger partial charge in [0, 0.05) is 38.0 Å². The molecule has 5 heterocycles. The first-order valence-electron chi connectivity index (χ1n) is 10.4. The van der Waals surface area contributed by atoms with Gasteiger partial charge in [-0.05, 0) is 44.4 Å². The fourth-order valence-corrected chi connectivity index (χ4v) is 4.90. The van der Waals surface area contributed by atoms with E-state index in [0.717, 1.165) is 59.8 Å². The van der Waals surface area contributed by atoms with Crippen molar-refractivity contribution in [1.82, 2.24) is 20.3 Å². The smallest absolute Gasteiger partial charge is 0.215 e. The number of hydrogen-bond donors (Lipinski definition) is 3. The van der Waals surface area contributed by atoms with E-state index in [1.165, 1.54) is 0 Å². The van der Waals surface area contributed by atoms with Crippen molar-refractivity contribution in [1.29, 1.82) is 0 Å². The second kappa shape index (κ2) is 8.33. The van der Waals surface area contributed by atoms with Gasteiger partial charge in [0.25, 0.3) is 0 Å². The molecule has 3 N–H and O–H groups in total. The zero-order valence-electron chi connectivity index (χ0n) is 17.0. The van der Waals surface area contributed by atoms with Crippen LogP contribution in [0.1, 0.15) is 24.8 Å². The van der Waals surface area contributed by atoms with Crippen LogP contribution < -0.4 is 20.3 Å². The summed E-state index contributed by atoms with van der Waals surface area (Å²) < 4.78 is 7.05. The Kier molecular flexibility index (Phi) is 5.41. The fraction of sp³-hybridized carbons (Fsp3) is 0.476. The van der Waals surface area contributed by atoms with Gasteiger partial charge in [-0.25, -0.2) is 9.97 Å². The molecule has 2 atom stereocenters. The topological polar surface area (TPSA) is 95.4 Å². The highest BCUT2D eigenvalue weighted by molar-refractivity contribution is 7.22. The number of thiazole rings is 1. The molecule has 2 fully saturated rings. The largest absolute Gasteiger partial charge is 0.473 e. The van der Waals surface area contributed by atoms with Gasteiger partial charge in [0.15, 0.2) is 5.13 Å². The molecule has 0 aliphatic carbocycles. The zero-order valence-corrected chi connectivity index (χ0v) is 17.8. The second-order valence-corrected chi connectivity index (χ2v) is 9.01. The number of nitrogens with zero attached hydrogens (tertiary/aromatic N) is 4. The lowest BCUT2D eigenvalue weighted by Gasteiger charge is -2.29. The minimum absolute atomic E-state index is 0.170. The summed E-state index contributed by atoms with van der Waals surface area (Å²) in [6.45, 7) is 5.45. The van der Waals surface area contributed by atoms with E-state index in [1.807, 2.05) is 31.3 Å². The standard InChI is InChI=1S/C21H26N6O2S/c1-13-7-19(26-20(8-13)29-15-4-5-22-10-15)25-18-9-16-17(11-23-18)30-21(24-16)27-6-2-3-14(28)12-27/h7-9,11,14-15,22,28H,2-6,10,12H2,1H3,(H,23,25,26)/t14-,15+/m1/s1. The Labute approximate surface area is 179 Å². The van der Waals surface area contributed by atoms with E-state index in [4.69, 9.17) is 9.72 Å². The summed E-state index contributed by atoms with van der Waals surface area (Å²) in [6, 6.07) is 5.88. The maximum absolute atomic E-state index is 9.95. The predicted octanol–water partition coefficient (Wildman–Crippen LogP) is 2.84. The zero-order chi connectivity index (χ0) is 20.5. The van der Waals surface area contributed by atoms with Gasteiger partial charge >= 0.3 is 0 Å². The number of piperidine rings is 1. The third-order valence-corrected chi connectivity index (χ3v) is 6.50. The molecule has 3 aromatic heterocycles. The van der Waals surface area contributed by atoms with Crippen LogP contribution in [0.15, 0.2) is 24.4 Å². The summed E-state index contributed by atoms with van der Waals surface area (Å²) in [5.74, 6) is 2.04. The maximum atomic E-state index is 9.95. The average molecular weight is 427 g/mol. The number of aryl methyl sites for hydroxylation is 1. The van der Waals surface area contributed by atoms with Crippen molar-refractivity contribution < 1.29 is 9.84 Å². The molecule has 158 valence electrons. The van der Waals surface area contributed by atoms with Gasteiger partial charge in [0.2, 0.25) is 5.88 Å². The van der Waals surface area contributed by atoms with Crippen molar-refractivity contribution in [3.05, 3.63) is 30.0 Å². The summed E-state index contributed by atoms with van der Waals surface area (Å²) in [7, 11) is 0. The molecule has 9 heteroatoms. The van der Waals surface area contributed by atoms with Crippen molar-refractivity contribution in [2.45, 2.75) is 38.4 Å². The molecule has 0 radical (unpaired) electrons. The number of anilines is 3. The quantitative estimate of drug-likeness (QED) is 0.573. The lowest BCUT2D eigenvalue weighted by Crippen LogP contribution is -2.38. The fourth-order valence-electron chi connectivity index (χ4n) is 3.95. The van der Waals surface area contributed by atoms with Gasteiger partial charge in [0.05, 0.1) is 16.3 Å². The van der Waals surface area contributed by atoms with Gasteiger partial charge in [-0.2, -0.15) is 4.98 Å². The molecule has 2 aliphatic heterocycles. The highest BCUT2D eigenvalue weighted by Gasteiger charge is 2.21. The first-order valence-corrected chi connectivity index (χ1v) is 11.3. The van der Waals surface area contributed by atoms with Crippen LogP contribution in [-0.4, -0.2) is 58.4 Å². The van der Waals surface area contributed by atoms with Crippen LogP contribution >= 0.6 is 11.3 Å². The normalized spacial score (nSPS) is 21.9. The Bertz CT molecular complexity index is 1040. The average Bonchev–Trinajstić information content (AvgIpc) is 3.37. The van der Waals surface area contributed by atoms with Crippen molar-refractivity contribution in [3.8, 4) is 5.88 Å². The maximum Gasteiger partial charge on any atom is 0.215 e. The molecule has 8 nitrogen and oxygen atoms in total. The molecule has 0 aromatic carbocycles. The lowest BCUT2D eigenvalue weighted by atomic mass is 10.1. The number of fused-ring (bicyclic) bond motifs is 1. The van der Waals surface area contributed by atoms with E-state index in [2.05, 4.69) is 25.5 Å². The number of pyridine rings is 2. The van der Waals surface area contributed by atoms with E-state index in [0.29, 0.717) is 24.1 Å². The van der Waals surface area contributed by atoms with Crippen molar-refractivity contribution in [3.63, 3.8) is 0 Å². The number of aliphatic hydroxyl groups excluding tert-OH is 1. The lowest BCUT2D eigenvalue weighted by molar-refractivity contribution is 0.154. The van der Waals surface area contributed by atoms with Crippen LogP contribution in [0, 0.1) is 6.92 Å². The number of hydrogen-bond acceptors (Lipinski definition) is 9. The summed E-state index contributed by atoms with van der Waals surface area (Å²) in [4.78, 5) is 16.1. The van der Waals surface area contributed by atoms with Crippen LogP contribution in [0.4, 0.5) is 16.8 Å². The number of rotatable bonds is 5. The Balaban J connectivity index is 1.34. The van der Waals surface area contributed by atoms with Gasteiger partial charge in [-0.3, -0.25) is 0 Å². The van der Waals surface area contributed by atoms with E-state index in [-0.39, 0.29) is 12.2 Å². The van der Waals surface area contributed by atoms with Crippen molar-refractivity contribution in [2.75, 3.05) is 36.4 Å². The van der Waals surface area contributed by atoms with Crippen LogP contribution in [-0.2, 0) is 0 Å². The van der Waals surface area contributed by atoms with Crippen LogP contribution in [0.2, 0.25) is 0 Å². The van der Waals surface area contributed by atoms with Crippen molar-refractivity contribution in [2.24, 2.45) is 0 Å². The monoisotopic (exact) mass is 426 g/mol. The van der Waals surface area contributed by atoms with Crippen molar-refractivity contribution >= 4 is 38.3 Å². The molecule has 30 heavy (non-hydrogen) atoms. The summed E-state index contributed by atoms with van der Waals surface area (Å²) >= 11 is 1.62. The molecule has 2 saturated heterocycles. The molecule has 3 aromatic rings. The SMILES string of the molecule is Cc1cc(Nc2cc3nc(N4CCC[C@@H](O)C4)sc3cn2)nc(O[C@H]2CCNC2)c1. The van der Waals surface area contributed by atoms with Gasteiger partial charge in [-0.15, -0.1) is 0 Å². The van der Waals surface area contributed by atoms with E-state index < -0.39 is 0 Å².